The van der Waals surface area contributed by atoms with Crippen LogP contribution in [0.1, 0.15) is 39.3 Å². The number of ether oxygens (including phenoxy) is 3. The number of anilines is 1. The van der Waals surface area contributed by atoms with Crippen LogP contribution in [0.15, 0.2) is 53.6 Å². The summed E-state index contributed by atoms with van der Waals surface area (Å²) in [6.07, 6.45) is 3.54. The van der Waals surface area contributed by atoms with Gasteiger partial charge in [-0.1, -0.05) is 12.1 Å². The van der Waals surface area contributed by atoms with Gasteiger partial charge in [0.2, 0.25) is 5.88 Å². The normalized spacial score (nSPS) is 17.3. The molecule has 1 saturated heterocycles. The van der Waals surface area contributed by atoms with Crippen LogP contribution in [-0.4, -0.2) is 69.4 Å². The molecule has 0 aliphatic carbocycles. The van der Waals surface area contributed by atoms with Crippen molar-refractivity contribution >= 4 is 29.2 Å². The van der Waals surface area contributed by atoms with Crippen LogP contribution in [0.3, 0.4) is 0 Å². The van der Waals surface area contributed by atoms with Crippen molar-refractivity contribution in [2.45, 2.75) is 38.6 Å². The number of aromatic carboxylic acids is 1. The predicted molar refractivity (Wildman–Crippen MR) is 156 cm³/mol. The Morgan fingerprint density at radius 1 is 1.14 bits per heavy atom. The zero-order valence-electron chi connectivity index (χ0n) is 23.3. The van der Waals surface area contributed by atoms with E-state index in [4.69, 9.17) is 19.2 Å². The summed E-state index contributed by atoms with van der Waals surface area (Å²) in [7, 11) is 0. The molecule has 5 heterocycles. The maximum Gasteiger partial charge on any atom is 0.335 e. The van der Waals surface area contributed by atoms with Crippen LogP contribution >= 0.6 is 0 Å². The van der Waals surface area contributed by atoms with Gasteiger partial charge in [0.05, 0.1) is 60.6 Å². The number of pyridine rings is 1. The minimum absolute atomic E-state index is 0.0934. The average molecular weight is 580 g/mol. The monoisotopic (exact) mass is 579 g/mol. The van der Waals surface area contributed by atoms with Gasteiger partial charge in [0, 0.05) is 36.8 Å². The lowest BCUT2D eigenvalue weighted by Gasteiger charge is -2.30. The van der Waals surface area contributed by atoms with Gasteiger partial charge < -0.3 is 28.8 Å². The largest absolute Gasteiger partial charge is 0.492 e. The molecular formula is C31H29N7O5. The molecule has 0 radical (unpaired) electrons. The number of imidazole rings is 1. The SMILES string of the molecule is N#Cc1ccc(COc2cccc(N3C=NN(Cc4nc5ccc(C(=O)O)cc5n4C[C@@H]4CCO4)CC3)n2)c2c1CCO2. The summed E-state index contributed by atoms with van der Waals surface area (Å²) in [5.41, 5.74) is 4.24. The van der Waals surface area contributed by atoms with Crippen molar-refractivity contribution in [2.75, 3.05) is 31.2 Å². The molecule has 4 aromatic rings. The van der Waals surface area contributed by atoms with Crippen molar-refractivity contribution in [1.82, 2.24) is 19.5 Å². The van der Waals surface area contributed by atoms with E-state index >= 15 is 0 Å². The van der Waals surface area contributed by atoms with Crippen molar-refractivity contribution in [3.63, 3.8) is 0 Å². The Hall–Kier alpha value is -5.15. The molecule has 12 nitrogen and oxygen atoms in total. The summed E-state index contributed by atoms with van der Waals surface area (Å²) in [6.45, 7) is 3.99. The van der Waals surface area contributed by atoms with Gasteiger partial charge in [-0.15, -0.1) is 0 Å². The van der Waals surface area contributed by atoms with E-state index in [1.165, 1.54) is 0 Å². The summed E-state index contributed by atoms with van der Waals surface area (Å²) in [6, 6.07) is 16.6. The number of aromatic nitrogens is 3. The molecule has 1 fully saturated rings. The molecule has 0 bridgehead atoms. The Kier molecular flexibility index (Phi) is 7.00. The zero-order valence-corrected chi connectivity index (χ0v) is 23.3. The van der Waals surface area contributed by atoms with Crippen LogP contribution in [0.4, 0.5) is 5.82 Å². The van der Waals surface area contributed by atoms with Crippen LogP contribution in [0, 0.1) is 11.3 Å². The fraction of sp³-hybridized carbons (Fsp3) is 0.323. The summed E-state index contributed by atoms with van der Waals surface area (Å²) in [5.74, 6) is 1.79. The molecule has 3 aliphatic heterocycles. The summed E-state index contributed by atoms with van der Waals surface area (Å²) in [4.78, 5) is 23.1. The number of carboxylic acids is 1. The highest BCUT2D eigenvalue weighted by atomic mass is 16.5. The lowest BCUT2D eigenvalue weighted by molar-refractivity contribution is -0.0592. The number of rotatable bonds is 9. The zero-order chi connectivity index (χ0) is 29.3. The van der Waals surface area contributed by atoms with Gasteiger partial charge in [0.1, 0.15) is 30.3 Å². The number of hydrogen-bond donors (Lipinski definition) is 1. The first-order valence-electron chi connectivity index (χ1n) is 14.2. The first kappa shape index (κ1) is 26.7. The molecule has 3 aliphatic rings. The van der Waals surface area contributed by atoms with Gasteiger partial charge in [-0.2, -0.15) is 15.3 Å². The number of fused-ring (bicyclic) bond motifs is 2. The molecule has 0 saturated carbocycles. The number of hydrogen-bond acceptors (Lipinski definition) is 10. The highest BCUT2D eigenvalue weighted by Gasteiger charge is 2.24. The van der Waals surface area contributed by atoms with Crippen molar-refractivity contribution in [2.24, 2.45) is 5.10 Å². The number of nitriles is 1. The number of nitrogens with zero attached hydrogens (tertiary/aromatic N) is 7. The maximum atomic E-state index is 11.6. The molecule has 12 heteroatoms. The van der Waals surface area contributed by atoms with Crippen molar-refractivity contribution in [3.8, 4) is 17.7 Å². The number of carbonyl (C=O) groups is 1. The maximum absolute atomic E-state index is 11.6. The van der Waals surface area contributed by atoms with Crippen molar-refractivity contribution in [3.05, 3.63) is 76.6 Å². The number of benzene rings is 2. The smallest absolute Gasteiger partial charge is 0.335 e. The van der Waals surface area contributed by atoms with E-state index in [1.807, 2.05) is 40.2 Å². The van der Waals surface area contributed by atoms with E-state index in [2.05, 4.69) is 20.7 Å². The molecule has 7 rings (SSSR count). The minimum atomic E-state index is -0.966. The van der Waals surface area contributed by atoms with Gasteiger partial charge in [0.25, 0.3) is 0 Å². The second-order valence-corrected chi connectivity index (χ2v) is 10.7. The predicted octanol–water partition coefficient (Wildman–Crippen LogP) is 3.57. The molecule has 43 heavy (non-hydrogen) atoms. The molecule has 218 valence electrons. The lowest BCUT2D eigenvalue weighted by atomic mass is 10.0. The molecule has 0 spiro atoms. The molecule has 0 amide bonds. The molecular weight excluding hydrogens is 550 g/mol. The fourth-order valence-electron chi connectivity index (χ4n) is 5.57. The molecule has 1 N–H and O–H groups in total. The highest BCUT2D eigenvalue weighted by Crippen LogP contribution is 2.33. The van der Waals surface area contributed by atoms with E-state index in [9.17, 15) is 15.2 Å². The first-order chi connectivity index (χ1) is 21.1. The van der Waals surface area contributed by atoms with Gasteiger partial charge in [-0.3, -0.25) is 5.01 Å². The van der Waals surface area contributed by atoms with E-state index in [0.29, 0.717) is 44.2 Å². The molecule has 0 unspecified atom stereocenters. The first-order valence-corrected chi connectivity index (χ1v) is 14.2. The Morgan fingerprint density at radius 2 is 2.05 bits per heavy atom. The van der Waals surface area contributed by atoms with E-state index in [1.54, 1.807) is 24.5 Å². The van der Waals surface area contributed by atoms with E-state index < -0.39 is 5.97 Å². The average Bonchev–Trinajstić information content (AvgIpc) is 3.63. The van der Waals surface area contributed by atoms with Crippen LogP contribution in [0.2, 0.25) is 0 Å². The Morgan fingerprint density at radius 3 is 2.81 bits per heavy atom. The van der Waals surface area contributed by atoms with Gasteiger partial charge in [0.15, 0.2) is 0 Å². The van der Waals surface area contributed by atoms with Crippen LogP contribution in [-0.2, 0) is 30.9 Å². The van der Waals surface area contributed by atoms with E-state index in [-0.39, 0.29) is 18.3 Å². The van der Waals surface area contributed by atoms with E-state index in [0.717, 1.165) is 59.0 Å². The Balaban J connectivity index is 1.04. The standard InChI is InChI=1S/C31H29N7O5/c32-15-21-4-5-22(30-24(21)9-13-42-30)18-43-29-3-1-2-27(35-29)36-10-11-37(33-19-36)17-28-34-25-7-6-20(31(39)40)14-26(25)38(28)16-23-8-12-41-23/h1-7,14,19,23H,8-13,16-18H2,(H,39,40)/t23-/m0/s1. The Bertz CT molecular complexity index is 1770. The second kappa shape index (κ2) is 11.3. The van der Waals surface area contributed by atoms with Gasteiger partial charge in [-0.25, -0.2) is 9.78 Å². The summed E-state index contributed by atoms with van der Waals surface area (Å²) < 4.78 is 19.5. The van der Waals surface area contributed by atoms with Crippen LogP contribution in [0.5, 0.6) is 11.6 Å². The second-order valence-electron chi connectivity index (χ2n) is 10.7. The number of hydrazone groups is 1. The highest BCUT2D eigenvalue weighted by molar-refractivity contribution is 5.92. The molecule has 1 atom stereocenters. The van der Waals surface area contributed by atoms with Gasteiger partial charge >= 0.3 is 5.97 Å². The Labute approximate surface area is 247 Å². The van der Waals surface area contributed by atoms with Crippen molar-refractivity contribution in [1.29, 1.82) is 5.26 Å². The topological polar surface area (TPSA) is 138 Å². The molecule has 2 aromatic carbocycles. The third kappa shape index (κ3) is 5.30. The summed E-state index contributed by atoms with van der Waals surface area (Å²) >= 11 is 0. The molecule has 2 aromatic heterocycles. The van der Waals surface area contributed by atoms with Crippen LogP contribution < -0.4 is 14.4 Å². The quantitative estimate of drug-likeness (QED) is 0.313. The lowest BCUT2D eigenvalue weighted by Crippen LogP contribution is -2.38. The third-order valence-corrected chi connectivity index (χ3v) is 7.97. The van der Waals surface area contributed by atoms with Crippen LogP contribution in [0.25, 0.3) is 11.0 Å². The minimum Gasteiger partial charge on any atom is -0.492 e. The van der Waals surface area contributed by atoms with Gasteiger partial charge in [-0.05, 0) is 36.8 Å². The fourth-order valence-corrected chi connectivity index (χ4v) is 5.57. The van der Waals surface area contributed by atoms with Crippen molar-refractivity contribution < 1.29 is 24.1 Å². The number of carboxylic acid groups (broad SMARTS) is 1. The third-order valence-electron chi connectivity index (χ3n) is 7.97. The summed E-state index contributed by atoms with van der Waals surface area (Å²) in [5, 5.41) is 25.5.